The summed E-state index contributed by atoms with van der Waals surface area (Å²) in [6.45, 7) is 4.15. The number of aromatic carboxylic acids is 1. The van der Waals surface area contributed by atoms with E-state index in [0.29, 0.717) is 29.9 Å². The van der Waals surface area contributed by atoms with Gasteiger partial charge in [0.25, 0.3) is 0 Å². The van der Waals surface area contributed by atoms with Crippen LogP contribution in [0, 0.1) is 5.92 Å². The van der Waals surface area contributed by atoms with Crippen LogP contribution in [0.2, 0.25) is 0 Å². The maximum Gasteiger partial charge on any atom is 0.336 e. The minimum atomic E-state index is -1.04. The standard InChI is InChI=1S/C22H24O5/c1-22(2)17-8-6-5-7-15(17)20(23)18(22)10-9-14-16(21(24)25)11-13(26-3)12-19(14)27-4/h5-8,11-12,18H,9-10H2,1-4H3,(H,24,25). The summed E-state index contributed by atoms with van der Waals surface area (Å²) in [5, 5.41) is 9.62. The number of carboxylic acids is 1. The van der Waals surface area contributed by atoms with Gasteiger partial charge in [0, 0.05) is 28.5 Å². The van der Waals surface area contributed by atoms with E-state index in [9.17, 15) is 14.7 Å². The summed E-state index contributed by atoms with van der Waals surface area (Å²) in [6, 6.07) is 10.9. The molecule has 3 rings (SSSR count). The fourth-order valence-electron chi connectivity index (χ4n) is 4.11. The molecule has 5 heteroatoms. The third-order valence-corrected chi connectivity index (χ3v) is 5.63. The van der Waals surface area contributed by atoms with Gasteiger partial charge in [-0.25, -0.2) is 4.79 Å². The second kappa shape index (κ2) is 7.06. The number of fused-ring (bicyclic) bond motifs is 1. The van der Waals surface area contributed by atoms with Crippen molar-refractivity contribution >= 4 is 11.8 Å². The Bertz CT molecular complexity index is 898. The summed E-state index contributed by atoms with van der Waals surface area (Å²) in [5.41, 5.74) is 2.27. The fourth-order valence-corrected chi connectivity index (χ4v) is 4.11. The molecule has 27 heavy (non-hydrogen) atoms. The van der Waals surface area contributed by atoms with E-state index >= 15 is 0 Å². The van der Waals surface area contributed by atoms with Crippen LogP contribution in [0.1, 0.15) is 52.1 Å². The maximum absolute atomic E-state index is 12.9. The molecule has 0 fully saturated rings. The van der Waals surface area contributed by atoms with Gasteiger partial charge in [0.2, 0.25) is 0 Å². The summed E-state index contributed by atoms with van der Waals surface area (Å²) in [5.74, 6) is -0.226. The van der Waals surface area contributed by atoms with Crippen LogP contribution in [0.3, 0.4) is 0 Å². The van der Waals surface area contributed by atoms with E-state index in [1.54, 1.807) is 6.07 Å². The van der Waals surface area contributed by atoms with Crippen molar-refractivity contribution in [1.29, 1.82) is 0 Å². The number of carbonyl (C=O) groups is 2. The number of ether oxygens (including phenoxy) is 2. The lowest BCUT2D eigenvalue weighted by atomic mass is 9.75. The van der Waals surface area contributed by atoms with Crippen molar-refractivity contribution in [2.24, 2.45) is 5.92 Å². The predicted octanol–water partition coefficient (Wildman–Crippen LogP) is 4.12. The van der Waals surface area contributed by atoms with Crippen molar-refractivity contribution in [3.63, 3.8) is 0 Å². The first kappa shape index (κ1) is 19.0. The predicted molar refractivity (Wildman–Crippen MR) is 102 cm³/mol. The topological polar surface area (TPSA) is 72.8 Å². The largest absolute Gasteiger partial charge is 0.497 e. The van der Waals surface area contributed by atoms with Gasteiger partial charge in [0.15, 0.2) is 5.78 Å². The Morgan fingerprint density at radius 2 is 1.85 bits per heavy atom. The van der Waals surface area contributed by atoms with Crippen molar-refractivity contribution in [2.75, 3.05) is 14.2 Å². The number of ketones is 1. The van der Waals surface area contributed by atoms with Crippen molar-refractivity contribution in [2.45, 2.75) is 32.1 Å². The first-order chi connectivity index (χ1) is 12.8. The second-order valence-electron chi connectivity index (χ2n) is 7.38. The highest BCUT2D eigenvalue weighted by atomic mass is 16.5. The first-order valence-electron chi connectivity index (χ1n) is 8.93. The van der Waals surface area contributed by atoms with E-state index in [4.69, 9.17) is 9.47 Å². The van der Waals surface area contributed by atoms with Gasteiger partial charge in [-0.3, -0.25) is 4.79 Å². The van der Waals surface area contributed by atoms with Crippen LogP contribution in [0.4, 0.5) is 0 Å². The lowest BCUT2D eigenvalue weighted by molar-refractivity contribution is 0.0694. The van der Waals surface area contributed by atoms with Gasteiger partial charge in [0.05, 0.1) is 19.8 Å². The van der Waals surface area contributed by atoms with Crippen LogP contribution in [0.25, 0.3) is 0 Å². The average molecular weight is 368 g/mol. The Balaban J connectivity index is 1.94. The number of benzene rings is 2. The SMILES string of the molecule is COc1cc(OC)c(CCC2C(=O)c3ccccc3C2(C)C)c(C(=O)O)c1. The van der Waals surface area contributed by atoms with Gasteiger partial charge in [-0.2, -0.15) is 0 Å². The molecule has 0 aromatic heterocycles. The van der Waals surface area contributed by atoms with E-state index in [-0.39, 0.29) is 22.7 Å². The lowest BCUT2D eigenvalue weighted by Gasteiger charge is -2.27. The third-order valence-electron chi connectivity index (χ3n) is 5.63. The molecule has 0 saturated heterocycles. The Hall–Kier alpha value is -2.82. The second-order valence-corrected chi connectivity index (χ2v) is 7.38. The summed E-state index contributed by atoms with van der Waals surface area (Å²) in [6.07, 6.45) is 0.978. The highest BCUT2D eigenvalue weighted by molar-refractivity contribution is 6.04. The Labute approximate surface area is 158 Å². The number of Topliss-reactive ketones (excluding diaryl/α,β-unsaturated/α-hetero) is 1. The minimum absolute atomic E-state index is 0.125. The number of hydrogen-bond donors (Lipinski definition) is 1. The normalized spacial score (nSPS) is 17.5. The molecule has 1 aliphatic carbocycles. The molecule has 1 unspecified atom stereocenters. The van der Waals surface area contributed by atoms with Crippen LogP contribution >= 0.6 is 0 Å². The number of hydrogen-bond acceptors (Lipinski definition) is 4. The van der Waals surface area contributed by atoms with E-state index in [1.165, 1.54) is 20.3 Å². The quantitative estimate of drug-likeness (QED) is 0.830. The molecule has 5 nitrogen and oxygen atoms in total. The Morgan fingerprint density at radius 3 is 2.44 bits per heavy atom. The highest BCUT2D eigenvalue weighted by Crippen LogP contribution is 2.45. The van der Waals surface area contributed by atoms with Crippen LogP contribution in [-0.4, -0.2) is 31.1 Å². The molecule has 2 aromatic carbocycles. The zero-order valence-corrected chi connectivity index (χ0v) is 16.0. The molecule has 0 radical (unpaired) electrons. The van der Waals surface area contributed by atoms with Gasteiger partial charge >= 0.3 is 5.97 Å². The van der Waals surface area contributed by atoms with Crippen molar-refractivity contribution in [3.05, 3.63) is 58.7 Å². The maximum atomic E-state index is 12.9. The van der Waals surface area contributed by atoms with E-state index in [2.05, 4.69) is 13.8 Å². The number of carboxylic acid groups (broad SMARTS) is 1. The van der Waals surface area contributed by atoms with Gasteiger partial charge in [-0.05, 0) is 24.5 Å². The Morgan fingerprint density at radius 1 is 1.15 bits per heavy atom. The molecule has 0 saturated carbocycles. The molecule has 1 atom stereocenters. The van der Waals surface area contributed by atoms with E-state index in [0.717, 1.165) is 11.1 Å². The van der Waals surface area contributed by atoms with Crippen LogP contribution in [-0.2, 0) is 11.8 Å². The molecule has 0 heterocycles. The van der Waals surface area contributed by atoms with Crippen LogP contribution in [0.5, 0.6) is 11.5 Å². The van der Waals surface area contributed by atoms with Gasteiger partial charge in [0.1, 0.15) is 11.5 Å². The number of carbonyl (C=O) groups excluding carboxylic acids is 1. The van der Waals surface area contributed by atoms with Crippen molar-refractivity contribution in [1.82, 2.24) is 0 Å². The third kappa shape index (κ3) is 3.18. The molecular formula is C22H24O5. The molecule has 0 amide bonds. The van der Waals surface area contributed by atoms with E-state index in [1.807, 2.05) is 24.3 Å². The van der Waals surface area contributed by atoms with Crippen LogP contribution < -0.4 is 9.47 Å². The number of rotatable bonds is 6. The number of methoxy groups -OCH3 is 2. The molecule has 142 valence electrons. The molecule has 1 aliphatic rings. The zero-order chi connectivity index (χ0) is 19.8. The molecule has 0 spiro atoms. The Kier molecular flexibility index (Phi) is 4.96. The van der Waals surface area contributed by atoms with Crippen molar-refractivity contribution < 1.29 is 24.2 Å². The average Bonchev–Trinajstić information content (AvgIpc) is 2.85. The molecule has 0 aliphatic heterocycles. The summed E-state index contributed by atoms with van der Waals surface area (Å²) < 4.78 is 10.6. The van der Waals surface area contributed by atoms with Gasteiger partial charge in [-0.15, -0.1) is 0 Å². The first-order valence-corrected chi connectivity index (χ1v) is 8.93. The smallest absolute Gasteiger partial charge is 0.336 e. The zero-order valence-electron chi connectivity index (χ0n) is 16.0. The van der Waals surface area contributed by atoms with E-state index < -0.39 is 5.97 Å². The van der Waals surface area contributed by atoms with Gasteiger partial charge < -0.3 is 14.6 Å². The molecule has 1 N–H and O–H groups in total. The lowest BCUT2D eigenvalue weighted by Crippen LogP contribution is -2.27. The minimum Gasteiger partial charge on any atom is -0.497 e. The fraction of sp³-hybridized carbons (Fsp3) is 0.364. The monoisotopic (exact) mass is 368 g/mol. The summed E-state index contributed by atoms with van der Waals surface area (Å²) >= 11 is 0. The molecular weight excluding hydrogens is 344 g/mol. The van der Waals surface area contributed by atoms with Crippen LogP contribution in [0.15, 0.2) is 36.4 Å². The van der Waals surface area contributed by atoms with Crippen molar-refractivity contribution in [3.8, 4) is 11.5 Å². The molecule has 0 bridgehead atoms. The molecule has 2 aromatic rings. The summed E-state index contributed by atoms with van der Waals surface area (Å²) in [4.78, 5) is 24.7. The van der Waals surface area contributed by atoms with Gasteiger partial charge in [-0.1, -0.05) is 38.1 Å². The summed E-state index contributed by atoms with van der Waals surface area (Å²) in [7, 11) is 2.99. The highest BCUT2D eigenvalue weighted by Gasteiger charge is 2.45.